The Hall–Kier alpha value is -1.50. The zero-order chi connectivity index (χ0) is 17.6. The summed E-state index contributed by atoms with van der Waals surface area (Å²) in [5, 5.41) is 5.53. The molecule has 0 aromatic rings. The average molecular weight is 340 g/mol. The highest BCUT2D eigenvalue weighted by atomic mass is 16.6. The van der Waals surface area contributed by atoms with Crippen LogP contribution >= 0.6 is 0 Å². The van der Waals surface area contributed by atoms with E-state index in [1.165, 1.54) is 32.4 Å². The molecular formula is C17H32N4O3. The number of carbonyl (C=O) groups excluding carboxylic acids is 2. The van der Waals surface area contributed by atoms with Gasteiger partial charge < -0.3 is 20.3 Å². The van der Waals surface area contributed by atoms with Crippen molar-refractivity contribution in [3.8, 4) is 0 Å². The molecule has 138 valence electrons. The lowest BCUT2D eigenvalue weighted by Crippen LogP contribution is -2.52. The third-order valence-corrected chi connectivity index (χ3v) is 4.41. The van der Waals surface area contributed by atoms with Crippen molar-refractivity contribution in [3.63, 3.8) is 0 Å². The van der Waals surface area contributed by atoms with Crippen molar-refractivity contribution in [2.24, 2.45) is 0 Å². The average Bonchev–Trinajstić information content (AvgIpc) is 3.04. The summed E-state index contributed by atoms with van der Waals surface area (Å²) in [6, 6.07) is 0.469. The van der Waals surface area contributed by atoms with E-state index in [1.807, 2.05) is 25.7 Å². The molecule has 2 aliphatic heterocycles. The van der Waals surface area contributed by atoms with Crippen LogP contribution in [0.25, 0.3) is 0 Å². The summed E-state index contributed by atoms with van der Waals surface area (Å²) < 4.78 is 5.15. The van der Waals surface area contributed by atoms with Gasteiger partial charge in [-0.25, -0.2) is 9.59 Å². The van der Waals surface area contributed by atoms with E-state index in [0.29, 0.717) is 19.1 Å². The number of ether oxygens (including phenoxy) is 1. The number of hydrogen-bond acceptors (Lipinski definition) is 4. The predicted octanol–water partition coefficient (Wildman–Crippen LogP) is 1.78. The van der Waals surface area contributed by atoms with Gasteiger partial charge in [0.1, 0.15) is 5.60 Å². The maximum Gasteiger partial charge on any atom is 0.407 e. The van der Waals surface area contributed by atoms with E-state index in [9.17, 15) is 9.59 Å². The SMILES string of the molecule is CC(C)(C)OC(=O)NCCNC(=O)N1CCC[C@@H](N2CCCC2)C1. The Balaban J connectivity index is 1.64. The third kappa shape index (κ3) is 6.19. The van der Waals surface area contributed by atoms with E-state index >= 15 is 0 Å². The van der Waals surface area contributed by atoms with Crippen LogP contribution in [0.3, 0.4) is 0 Å². The minimum Gasteiger partial charge on any atom is -0.444 e. The van der Waals surface area contributed by atoms with Crippen molar-refractivity contribution in [2.75, 3.05) is 39.3 Å². The quantitative estimate of drug-likeness (QED) is 0.765. The number of likely N-dealkylation sites (tertiary alicyclic amines) is 2. The number of rotatable bonds is 4. The first kappa shape index (κ1) is 18.8. The summed E-state index contributed by atoms with van der Waals surface area (Å²) in [5.41, 5.74) is -0.508. The van der Waals surface area contributed by atoms with Crippen LogP contribution in [0, 0.1) is 0 Å². The van der Waals surface area contributed by atoms with Crippen LogP contribution in [0.4, 0.5) is 9.59 Å². The van der Waals surface area contributed by atoms with Gasteiger partial charge in [0.05, 0.1) is 0 Å². The second kappa shape index (κ2) is 8.55. The zero-order valence-corrected chi connectivity index (χ0v) is 15.3. The lowest BCUT2D eigenvalue weighted by atomic mass is 10.0. The van der Waals surface area contributed by atoms with Crippen LogP contribution in [0.5, 0.6) is 0 Å². The van der Waals surface area contributed by atoms with E-state index < -0.39 is 11.7 Å². The van der Waals surface area contributed by atoms with Crippen LogP contribution in [0.1, 0.15) is 46.5 Å². The molecule has 0 radical (unpaired) electrons. The van der Waals surface area contributed by atoms with Gasteiger partial charge in [-0.05, 0) is 59.5 Å². The molecule has 0 unspecified atom stereocenters. The first-order chi connectivity index (χ1) is 11.3. The largest absolute Gasteiger partial charge is 0.444 e. The summed E-state index contributed by atoms with van der Waals surface area (Å²) in [6.45, 7) is 10.2. The van der Waals surface area contributed by atoms with E-state index in [1.54, 1.807) is 0 Å². The number of urea groups is 1. The van der Waals surface area contributed by atoms with Crippen LogP contribution in [-0.4, -0.2) is 72.8 Å². The highest BCUT2D eigenvalue weighted by Gasteiger charge is 2.29. The molecule has 7 heteroatoms. The molecule has 1 atom stereocenters. The Kier molecular flexibility index (Phi) is 6.71. The molecule has 2 fully saturated rings. The second-order valence-electron chi connectivity index (χ2n) is 7.65. The molecule has 0 spiro atoms. The van der Waals surface area contributed by atoms with E-state index in [4.69, 9.17) is 4.74 Å². The number of carbonyl (C=O) groups is 2. The standard InChI is InChI=1S/C17H32N4O3/c1-17(2,3)24-16(23)19-9-8-18-15(22)21-12-6-7-14(13-21)20-10-4-5-11-20/h14H,4-13H2,1-3H3,(H,18,22)(H,19,23)/t14-/m1/s1. The number of hydrogen-bond donors (Lipinski definition) is 2. The lowest BCUT2D eigenvalue weighted by Gasteiger charge is -2.37. The van der Waals surface area contributed by atoms with Gasteiger partial charge >= 0.3 is 12.1 Å². The van der Waals surface area contributed by atoms with Gasteiger partial charge in [-0.2, -0.15) is 0 Å². The molecule has 0 aliphatic carbocycles. The molecule has 24 heavy (non-hydrogen) atoms. The molecule has 2 aliphatic rings. The molecule has 2 N–H and O–H groups in total. The molecule has 2 rings (SSSR count). The van der Waals surface area contributed by atoms with Gasteiger partial charge in [0.2, 0.25) is 0 Å². The van der Waals surface area contributed by atoms with E-state index in [2.05, 4.69) is 15.5 Å². The van der Waals surface area contributed by atoms with Crippen molar-refractivity contribution in [1.82, 2.24) is 20.4 Å². The summed E-state index contributed by atoms with van der Waals surface area (Å²) in [4.78, 5) is 28.2. The third-order valence-electron chi connectivity index (χ3n) is 4.41. The van der Waals surface area contributed by atoms with Gasteiger partial charge in [0.25, 0.3) is 0 Å². The van der Waals surface area contributed by atoms with Crippen molar-refractivity contribution in [2.45, 2.75) is 58.1 Å². The minimum absolute atomic E-state index is 0.0371. The summed E-state index contributed by atoms with van der Waals surface area (Å²) in [5.74, 6) is 0. The fourth-order valence-electron chi connectivity index (χ4n) is 3.30. The molecule has 7 nitrogen and oxygen atoms in total. The summed E-state index contributed by atoms with van der Waals surface area (Å²) in [6.07, 6.45) is 4.34. The molecule has 2 saturated heterocycles. The Morgan fingerprint density at radius 2 is 1.71 bits per heavy atom. The van der Waals surface area contributed by atoms with Crippen LogP contribution in [0.2, 0.25) is 0 Å². The Bertz CT molecular complexity index is 430. The Morgan fingerprint density at radius 3 is 2.38 bits per heavy atom. The molecule has 0 saturated carbocycles. The maximum atomic E-state index is 12.3. The summed E-state index contributed by atoms with van der Waals surface area (Å²) >= 11 is 0. The van der Waals surface area contributed by atoms with Crippen LogP contribution < -0.4 is 10.6 Å². The Labute approximate surface area is 145 Å². The first-order valence-electron chi connectivity index (χ1n) is 9.09. The molecular weight excluding hydrogens is 308 g/mol. The highest BCUT2D eigenvalue weighted by Crippen LogP contribution is 2.20. The van der Waals surface area contributed by atoms with Crippen molar-refractivity contribution < 1.29 is 14.3 Å². The molecule has 0 aromatic carbocycles. The highest BCUT2D eigenvalue weighted by molar-refractivity contribution is 5.74. The normalized spacial score (nSPS) is 22.3. The lowest BCUT2D eigenvalue weighted by molar-refractivity contribution is 0.0528. The molecule has 2 heterocycles. The predicted molar refractivity (Wildman–Crippen MR) is 93.0 cm³/mol. The molecule has 3 amide bonds. The van der Waals surface area contributed by atoms with Crippen molar-refractivity contribution in [3.05, 3.63) is 0 Å². The van der Waals surface area contributed by atoms with Gasteiger partial charge in [0, 0.05) is 32.2 Å². The smallest absolute Gasteiger partial charge is 0.407 e. The summed E-state index contributed by atoms with van der Waals surface area (Å²) in [7, 11) is 0. The van der Waals surface area contributed by atoms with Crippen LogP contribution in [0.15, 0.2) is 0 Å². The van der Waals surface area contributed by atoms with Gasteiger partial charge in [-0.1, -0.05) is 0 Å². The monoisotopic (exact) mass is 340 g/mol. The van der Waals surface area contributed by atoms with E-state index in [-0.39, 0.29) is 6.03 Å². The number of amides is 3. The Morgan fingerprint density at radius 1 is 1.04 bits per heavy atom. The van der Waals surface area contributed by atoms with E-state index in [0.717, 1.165) is 19.5 Å². The number of nitrogens with one attached hydrogen (secondary N) is 2. The van der Waals surface area contributed by atoms with Crippen molar-refractivity contribution >= 4 is 12.1 Å². The fraction of sp³-hybridized carbons (Fsp3) is 0.882. The second-order valence-corrected chi connectivity index (χ2v) is 7.65. The van der Waals surface area contributed by atoms with Gasteiger partial charge in [-0.15, -0.1) is 0 Å². The zero-order valence-electron chi connectivity index (χ0n) is 15.3. The fourth-order valence-corrected chi connectivity index (χ4v) is 3.30. The van der Waals surface area contributed by atoms with Gasteiger partial charge in [0.15, 0.2) is 0 Å². The number of piperidine rings is 1. The maximum absolute atomic E-state index is 12.3. The first-order valence-corrected chi connectivity index (χ1v) is 9.09. The van der Waals surface area contributed by atoms with Crippen LogP contribution in [-0.2, 0) is 4.74 Å². The molecule has 0 bridgehead atoms. The van der Waals surface area contributed by atoms with Crippen molar-refractivity contribution in [1.29, 1.82) is 0 Å². The molecule has 0 aromatic heterocycles. The number of nitrogens with zero attached hydrogens (tertiary/aromatic N) is 2. The topological polar surface area (TPSA) is 73.9 Å². The number of alkyl carbamates (subject to hydrolysis) is 1. The van der Waals surface area contributed by atoms with Gasteiger partial charge in [-0.3, -0.25) is 4.90 Å². The minimum atomic E-state index is -0.508.